The van der Waals surface area contributed by atoms with Gasteiger partial charge in [0.25, 0.3) is 0 Å². The molecule has 0 aromatic heterocycles. The summed E-state index contributed by atoms with van der Waals surface area (Å²) >= 11 is 5.77. The van der Waals surface area contributed by atoms with Crippen LogP contribution in [-0.2, 0) is 14.8 Å². The Balaban J connectivity index is 2.32. The van der Waals surface area contributed by atoms with Crippen LogP contribution in [0.5, 0.6) is 0 Å². The summed E-state index contributed by atoms with van der Waals surface area (Å²) in [5.41, 5.74) is -0.988. The van der Waals surface area contributed by atoms with E-state index in [1.165, 1.54) is 28.6 Å². The predicted octanol–water partition coefficient (Wildman–Crippen LogP) is 2.61. The van der Waals surface area contributed by atoms with E-state index >= 15 is 0 Å². The lowest BCUT2D eigenvalue weighted by molar-refractivity contribution is -0.151. The molecule has 1 aliphatic rings. The Hall–Kier alpha value is -1.11. The number of piperidine rings is 1. The van der Waals surface area contributed by atoms with Crippen LogP contribution in [-0.4, -0.2) is 36.9 Å². The second-order valence-electron chi connectivity index (χ2n) is 5.34. The van der Waals surface area contributed by atoms with E-state index in [2.05, 4.69) is 0 Å². The molecule has 0 aliphatic carbocycles. The zero-order chi connectivity index (χ0) is 15.7. The van der Waals surface area contributed by atoms with Crippen molar-refractivity contribution in [3.63, 3.8) is 0 Å². The highest BCUT2D eigenvalue weighted by Crippen LogP contribution is 2.36. The van der Waals surface area contributed by atoms with Crippen molar-refractivity contribution in [2.45, 2.75) is 31.1 Å². The molecule has 1 fully saturated rings. The molecule has 1 saturated heterocycles. The van der Waals surface area contributed by atoms with Gasteiger partial charge in [-0.15, -0.1) is 0 Å². The van der Waals surface area contributed by atoms with E-state index in [1.807, 2.05) is 0 Å². The quantitative estimate of drug-likeness (QED) is 0.920. The number of sulfonamides is 1. The van der Waals surface area contributed by atoms with Crippen molar-refractivity contribution in [3.8, 4) is 0 Å². The Bertz CT molecular complexity index is 629. The van der Waals surface area contributed by atoms with Crippen molar-refractivity contribution in [2.24, 2.45) is 5.41 Å². The number of hydrogen-bond donors (Lipinski definition) is 1. The fourth-order valence-corrected chi connectivity index (χ4v) is 4.36. The lowest BCUT2D eigenvalue weighted by Crippen LogP contribution is -2.49. The SMILES string of the molecule is CCC1(C(=O)O)CCCN(S(=O)(=O)c2ccc(Cl)cc2)C1. The molecule has 1 unspecified atom stereocenters. The Labute approximate surface area is 129 Å². The Morgan fingerprint density at radius 1 is 1.38 bits per heavy atom. The van der Waals surface area contributed by atoms with Crippen molar-refractivity contribution in [2.75, 3.05) is 13.1 Å². The molecule has 7 heteroatoms. The maximum atomic E-state index is 12.6. The molecule has 1 aromatic carbocycles. The molecular formula is C14H18ClNO4S. The van der Waals surface area contributed by atoms with Crippen LogP contribution in [0.25, 0.3) is 0 Å². The number of aliphatic carboxylic acids is 1. The third kappa shape index (κ3) is 3.07. The standard InChI is InChI=1S/C14H18ClNO4S/c1-2-14(13(17)18)8-3-9-16(10-14)21(19,20)12-6-4-11(15)5-7-12/h4-7H,2-3,8-10H2,1H3,(H,17,18). The van der Waals surface area contributed by atoms with Crippen LogP contribution in [0.15, 0.2) is 29.2 Å². The number of hydrogen-bond acceptors (Lipinski definition) is 3. The first kappa shape index (κ1) is 16.3. The zero-order valence-corrected chi connectivity index (χ0v) is 13.3. The Morgan fingerprint density at radius 3 is 2.52 bits per heavy atom. The van der Waals surface area contributed by atoms with E-state index in [9.17, 15) is 18.3 Å². The van der Waals surface area contributed by atoms with Gasteiger partial charge in [-0.3, -0.25) is 4.79 Å². The summed E-state index contributed by atoms with van der Waals surface area (Å²) < 4.78 is 26.5. The average molecular weight is 332 g/mol. The first-order chi connectivity index (χ1) is 9.82. The van der Waals surface area contributed by atoms with Gasteiger partial charge in [-0.25, -0.2) is 8.42 Å². The van der Waals surface area contributed by atoms with Crippen LogP contribution in [0.2, 0.25) is 5.02 Å². The second kappa shape index (κ2) is 5.94. The summed E-state index contributed by atoms with van der Waals surface area (Å²) in [5.74, 6) is -0.930. The van der Waals surface area contributed by atoms with Crippen LogP contribution in [0.1, 0.15) is 26.2 Å². The number of nitrogens with zero attached hydrogens (tertiary/aromatic N) is 1. The first-order valence-electron chi connectivity index (χ1n) is 6.81. The van der Waals surface area contributed by atoms with Crippen molar-refractivity contribution in [1.82, 2.24) is 4.31 Å². The number of halogens is 1. The molecule has 116 valence electrons. The number of carbonyl (C=O) groups is 1. The van der Waals surface area contributed by atoms with Gasteiger partial charge in [0.15, 0.2) is 0 Å². The van der Waals surface area contributed by atoms with Crippen LogP contribution >= 0.6 is 11.6 Å². The number of carboxylic acid groups (broad SMARTS) is 1. The smallest absolute Gasteiger partial charge is 0.310 e. The summed E-state index contributed by atoms with van der Waals surface area (Å²) in [4.78, 5) is 11.7. The molecular weight excluding hydrogens is 314 g/mol. The van der Waals surface area contributed by atoms with Crippen LogP contribution in [0.4, 0.5) is 0 Å². The minimum absolute atomic E-state index is 0.0177. The summed E-state index contributed by atoms with van der Waals surface area (Å²) in [6.07, 6.45) is 1.47. The highest BCUT2D eigenvalue weighted by Gasteiger charge is 2.44. The third-order valence-electron chi connectivity index (χ3n) is 4.12. The molecule has 0 amide bonds. The maximum Gasteiger partial charge on any atom is 0.310 e. The van der Waals surface area contributed by atoms with Crippen LogP contribution in [0, 0.1) is 5.41 Å². The van der Waals surface area contributed by atoms with E-state index in [0.717, 1.165) is 0 Å². The molecule has 0 bridgehead atoms. The van der Waals surface area contributed by atoms with Crippen molar-refractivity contribution in [3.05, 3.63) is 29.3 Å². The molecule has 1 atom stereocenters. The molecule has 1 N–H and O–H groups in total. The van der Waals surface area contributed by atoms with Gasteiger partial charge in [0, 0.05) is 18.1 Å². The lowest BCUT2D eigenvalue weighted by atomic mass is 9.78. The molecule has 0 saturated carbocycles. The van der Waals surface area contributed by atoms with Crippen molar-refractivity contribution >= 4 is 27.6 Å². The van der Waals surface area contributed by atoms with Crippen molar-refractivity contribution in [1.29, 1.82) is 0 Å². The summed E-state index contributed by atoms with van der Waals surface area (Å²) in [6, 6.07) is 5.92. The molecule has 21 heavy (non-hydrogen) atoms. The van der Waals surface area contributed by atoms with Gasteiger partial charge in [-0.1, -0.05) is 18.5 Å². The van der Waals surface area contributed by atoms with Gasteiger partial charge >= 0.3 is 5.97 Å². The minimum Gasteiger partial charge on any atom is -0.481 e. The van der Waals surface area contributed by atoms with Gasteiger partial charge in [0.2, 0.25) is 10.0 Å². The second-order valence-corrected chi connectivity index (χ2v) is 7.71. The average Bonchev–Trinajstić information content (AvgIpc) is 2.47. The predicted molar refractivity (Wildman–Crippen MR) is 79.8 cm³/mol. The lowest BCUT2D eigenvalue weighted by Gasteiger charge is -2.38. The summed E-state index contributed by atoms with van der Waals surface area (Å²) in [7, 11) is -3.68. The Morgan fingerprint density at radius 2 is 2.00 bits per heavy atom. The van der Waals surface area contributed by atoms with Crippen molar-refractivity contribution < 1.29 is 18.3 Å². The van der Waals surface area contributed by atoms with Crippen LogP contribution in [0.3, 0.4) is 0 Å². The normalized spacial score (nSPS) is 23.9. The highest BCUT2D eigenvalue weighted by molar-refractivity contribution is 7.89. The maximum absolute atomic E-state index is 12.6. The van der Waals surface area contributed by atoms with E-state index in [4.69, 9.17) is 11.6 Å². The molecule has 0 radical (unpaired) electrons. The monoisotopic (exact) mass is 331 g/mol. The molecule has 1 aromatic rings. The summed E-state index contributed by atoms with van der Waals surface area (Å²) in [6.45, 7) is 2.15. The van der Waals surface area contributed by atoms with E-state index in [0.29, 0.717) is 30.8 Å². The topological polar surface area (TPSA) is 74.7 Å². The Kier molecular flexibility index (Phi) is 4.60. The number of rotatable bonds is 4. The van der Waals surface area contributed by atoms with Gasteiger partial charge in [-0.2, -0.15) is 4.31 Å². The van der Waals surface area contributed by atoms with Gasteiger partial charge in [0.1, 0.15) is 0 Å². The minimum atomic E-state index is -3.68. The fraction of sp³-hybridized carbons (Fsp3) is 0.500. The third-order valence-corrected chi connectivity index (χ3v) is 6.24. The van der Waals surface area contributed by atoms with Gasteiger partial charge in [0.05, 0.1) is 10.3 Å². The molecule has 1 heterocycles. The number of benzene rings is 1. The molecule has 1 aliphatic heterocycles. The zero-order valence-electron chi connectivity index (χ0n) is 11.8. The summed E-state index contributed by atoms with van der Waals surface area (Å²) in [5, 5.41) is 9.90. The van der Waals surface area contributed by atoms with E-state index in [-0.39, 0.29) is 11.4 Å². The molecule has 5 nitrogen and oxygen atoms in total. The van der Waals surface area contributed by atoms with Gasteiger partial charge < -0.3 is 5.11 Å². The molecule has 2 rings (SSSR count). The fourth-order valence-electron chi connectivity index (χ4n) is 2.66. The number of carboxylic acids is 1. The van der Waals surface area contributed by atoms with E-state index < -0.39 is 21.4 Å². The highest BCUT2D eigenvalue weighted by atomic mass is 35.5. The van der Waals surface area contributed by atoms with Gasteiger partial charge in [-0.05, 0) is 43.5 Å². The molecule has 0 spiro atoms. The van der Waals surface area contributed by atoms with E-state index in [1.54, 1.807) is 6.92 Å². The van der Waals surface area contributed by atoms with Crippen LogP contribution < -0.4 is 0 Å². The largest absolute Gasteiger partial charge is 0.481 e. The first-order valence-corrected chi connectivity index (χ1v) is 8.63.